The van der Waals surface area contributed by atoms with Crippen LogP contribution in [0.15, 0.2) is 30.3 Å². The van der Waals surface area contributed by atoms with Gasteiger partial charge < -0.3 is 5.32 Å². The van der Waals surface area contributed by atoms with Crippen molar-refractivity contribution in [1.82, 2.24) is 5.32 Å². The zero-order valence-electron chi connectivity index (χ0n) is 7.79. The molecule has 2 rings (SSSR count). The Balaban J connectivity index is 0.000000980. The fourth-order valence-corrected chi connectivity index (χ4v) is 1.74. The van der Waals surface area contributed by atoms with E-state index in [1.54, 1.807) is 0 Å². The Morgan fingerprint density at radius 2 is 2.14 bits per heavy atom. The summed E-state index contributed by atoms with van der Waals surface area (Å²) in [5.74, 6) is 0. The van der Waals surface area contributed by atoms with E-state index in [1.807, 2.05) is 18.2 Å². The van der Waals surface area contributed by atoms with Crippen molar-refractivity contribution in [3.8, 4) is 0 Å². The van der Waals surface area contributed by atoms with E-state index in [2.05, 4.69) is 17.5 Å². The molecule has 14 heavy (non-hydrogen) atoms. The Morgan fingerprint density at radius 1 is 1.29 bits per heavy atom. The Morgan fingerprint density at radius 3 is 2.79 bits per heavy atom. The smallest absolute Gasteiger partial charge is 0.0412 e. The normalized spacial score (nSPS) is 15.6. The molecule has 1 aliphatic rings. The van der Waals surface area contributed by atoms with Crippen LogP contribution in [0, 0.1) is 0 Å². The Hall–Kier alpha value is -0.500. The molecule has 1 aliphatic heterocycles. The van der Waals surface area contributed by atoms with Crippen LogP contribution in [0.3, 0.4) is 0 Å². The van der Waals surface area contributed by atoms with Crippen molar-refractivity contribution in [2.45, 2.75) is 6.42 Å². The molecular weight excluding hydrogens is 217 g/mol. The Labute approximate surface area is 95.6 Å². The zero-order chi connectivity index (χ0) is 9.10. The number of hydrogen-bond acceptors (Lipinski definition) is 1. The van der Waals surface area contributed by atoms with Crippen molar-refractivity contribution in [1.29, 1.82) is 0 Å². The molecule has 0 amide bonds. The standard InChI is InChI=1S/C11H12ClN.ClH/c12-11-5-1-3-9(7-11)10-4-2-6-13-8-10;/h1,3-5,7,13H,2,6,8H2;1H. The third kappa shape index (κ3) is 2.74. The Kier molecular flexibility index (Phi) is 4.46. The van der Waals surface area contributed by atoms with Gasteiger partial charge in [-0.15, -0.1) is 12.4 Å². The van der Waals surface area contributed by atoms with Crippen molar-refractivity contribution < 1.29 is 0 Å². The molecule has 0 saturated carbocycles. The lowest BCUT2D eigenvalue weighted by Crippen LogP contribution is -2.21. The summed E-state index contributed by atoms with van der Waals surface area (Å²) in [4.78, 5) is 0. The molecule has 0 aliphatic carbocycles. The molecule has 0 spiro atoms. The number of nitrogens with one attached hydrogen (secondary N) is 1. The van der Waals surface area contributed by atoms with Crippen LogP contribution in [0.5, 0.6) is 0 Å². The van der Waals surface area contributed by atoms with Gasteiger partial charge >= 0.3 is 0 Å². The highest BCUT2D eigenvalue weighted by Gasteiger charge is 2.04. The predicted octanol–water partition coefficient (Wildman–Crippen LogP) is 3.14. The van der Waals surface area contributed by atoms with E-state index in [0.717, 1.165) is 24.5 Å². The highest BCUT2D eigenvalue weighted by molar-refractivity contribution is 6.30. The SMILES string of the molecule is Cl.Clc1cccc(C2=CCCNC2)c1. The first-order chi connectivity index (χ1) is 6.36. The van der Waals surface area contributed by atoms with E-state index in [0.29, 0.717) is 0 Å². The summed E-state index contributed by atoms with van der Waals surface area (Å²) in [5, 5.41) is 4.15. The molecule has 0 saturated heterocycles. The van der Waals surface area contributed by atoms with Gasteiger partial charge in [0.2, 0.25) is 0 Å². The first-order valence-electron chi connectivity index (χ1n) is 4.52. The van der Waals surface area contributed by atoms with Crippen molar-refractivity contribution in [3.63, 3.8) is 0 Å². The minimum absolute atomic E-state index is 0. The highest BCUT2D eigenvalue weighted by Crippen LogP contribution is 2.19. The van der Waals surface area contributed by atoms with Crippen molar-refractivity contribution in [2.24, 2.45) is 0 Å². The maximum Gasteiger partial charge on any atom is 0.0412 e. The maximum absolute atomic E-state index is 5.92. The molecule has 0 unspecified atom stereocenters. The molecule has 0 aromatic heterocycles. The van der Waals surface area contributed by atoms with Gasteiger partial charge in [0, 0.05) is 11.6 Å². The average Bonchev–Trinajstić information content (AvgIpc) is 2.19. The van der Waals surface area contributed by atoms with Gasteiger partial charge in [-0.1, -0.05) is 29.8 Å². The molecule has 0 bridgehead atoms. The number of benzene rings is 1. The third-order valence-electron chi connectivity index (χ3n) is 2.22. The van der Waals surface area contributed by atoms with Crippen molar-refractivity contribution in [2.75, 3.05) is 13.1 Å². The molecular formula is C11H13Cl2N. The monoisotopic (exact) mass is 229 g/mol. The van der Waals surface area contributed by atoms with Crippen LogP contribution in [-0.2, 0) is 0 Å². The molecule has 0 atom stereocenters. The molecule has 3 heteroatoms. The van der Waals surface area contributed by atoms with E-state index < -0.39 is 0 Å². The van der Waals surface area contributed by atoms with E-state index in [1.165, 1.54) is 11.1 Å². The van der Waals surface area contributed by atoms with Gasteiger partial charge in [0.15, 0.2) is 0 Å². The highest BCUT2D eigenvalue weighted by atomic mass is 35.5. The van der Waals surface area contributed by atoms with Crippen LogP contribution in [0.25, 0.3) is 5.57 Å². The molecule has 1 heterocycles. The number of halogens is 2. The van der Waals surface area contributed by atoms with Crippen LogP contribution in [-0.4, -0.2) is 13.1 Å². The zero-order valence-corrected chi connectivity index (χ0v) is 9.37. The second-order valence-corrected chi connectivity index (χ2v) is 3.64. The van der Waals surface area contributed by atoms with Crippen LogP contribution in [0.2, 0.25) is 5.02 Å². The first-order valence-corrected chi connectivity index (χ1v) is 4.90. The van der Waals surface area contributed by atoms with Gasteiger partial charge in [0.25, 0.3) is 0 Å². The number of rotatable bonds is 1. The van der Waals surface area contributed by atoms with Crippen molar-refractivity contribution >= 4 is 29.6 Å². The van der Waals surface area contributed by atoms with Gasteiger partial charge in [0.1, 0.15) is 0 Å². The lowest BCUT2D eigenvalue weighted by molar-refractivity contribution is 0.739. The van der Waals surface area contributed by atoms with E-state index in [4.69, 9.17) is 11.6 Å². The second kappa shape index (κ2) is 5.40. The first kappa shape index (κ1) is 11.6. The maximum atomic E-state index is 5.92. The van der Waals surface area contributed by atoms with Crippen LogP contribution < -0.4 is 5.32 Å². The largest absolute Gasteiger partial charge is 0.312 e. The van der Waals surface area contributed by atoms with E-state index >= 15 is 0 Å². The van der Waals surface area contributed by atoms with E-state index in [-0.39, 0.29) is 12.4 Å². The van der Waals surface area contributed by atoms with Crippen molar-refractivity contribution in [3.05, 3.63) is 40.9 Å². The summed E-state index contributed by atoms with van der Waals surface area (Å²) >= 11 is 5.92. The molecule has 0 fully saturated rings. The summed E-state index contributed by atoms with van der Waals surface area (Å²) in [5.41, 5.74) is 2.59. The summed E-state index contributed by atoms with van der Waals surface area (Å²) in [6, 6.07) is 8.01. The molecule has 1 aromatic carbocycles. The summed E-state index contributed by atoms with van der Waals surface area (Å²) in [6.45, 7) is 2.05. The molecule has 1 aromatic rings. The quantitative estimate of drug-likeness (QED) is 0.781. The van der Waals surface area contributed by atoms with Crippen LogP contribution in [0.4, 0.5) is 0 Å². The molecule has 0 radical (unpaired) electrons. The fraction of sp³-hybridized carbons (Fsp3) is 0.273. The van der Waals surface area contributed by atoms with Gasteiger partial charge in [-0.25, -0.2) is 0 Å². The molecule has 76 valence electrons. The Bertz CT molecular complexity index is 334. The second-order valence-electron chi connectivity index (χ2n) is 3.21. The van der Waals surface area contributed by atoms with E-state index in [9.17, 15) is 0 Å². The van der Waals surface area contributed by atoms with Gasteiger partial charge in [-0.2, -0.15) is 0 Å². The van der Waals surface area contributed by atoms with Gasteiger partial charge in [0.05, 0.1) is 0 Å². The average molecular weight is 230 g/mol. The molecule has 1 N–H and O–H groups in total. The topological polar surface area (TPSA) is 12.0 Å². The lowest BCUT2D eigenvalue weighted by atomic mass is 10.0. The summed E-state index contributed by atoms with van der Waals surface area (Å²) < 4.78 is 0. The number of hydrogen-bond donors (Lipinski definition) is 1. The summed E-state index contributed by atoms with van der Waals surface area (Å²) in [7, 11) is 0. The third-order valence-corrected chi connectivity index (χ3v) is 2.46. The van der Waals surface area contributed by atoms with Crippen LogP contribution >= 0.6 is 24.0 Å². The predicted molar refractivity (Wildman–Crippen MR) is 64.2 cm³/mol. The molecule has 1 nitrogen and oxygen atoms in total. The lowest BCUT2D eigenvalue weighted by Gasteiger charge is -2.14. The van der Waals surface area contributed by atoms with Gasteiger partial charge in [-0.05, 0) is 36.2 Å². The van der Waals surface area contributed by atoms with Crippen LogP contribution in [0.1, 0.15) is 12.0 Å². The fourth-order valence-electron chi connectivity index (χ4n) is 1.55. The summed E-state index contributed by atoms with van der Waals surface area (Å²) in [6.07, 6.45) is 3.39. The van der Waals surface area contributed by atoms with Gasteiger partial charge in [-0.3, -0.25) is 0 Å². The minimum atomic E-state index is 0. The minimum Gasteiger partial charge on any atom is -0.312 e.